The summed E-state index contributed by atoms with van der Waals surface area (Å²) in [4.78, 5) is 12.3. The zero-order valence-electron chi connectivity index (χ0n) is 16.7. The van der Waals surface area contributed by atoms with Crippen LogP contribution in [0.2, 0.25) is 0 Å². The Labute approximate surface area is 172 Å². The molecule has 1 N–H and O–H groups in total. The molecule has 0 spiro atoms. The Morgan fingerprint density at radius 2 is 1.69 bits per heavy atom. The van der Waals surface area contributed by atoms with Gasteiger partial charge >= 0.3 is 0 Å². The topological polar surface area (TPSA) is 75.7 Å². The highest BCUT2D eigenvalue weighted by molar-refractivity contribution is 7.89. The van der Waals surface area contributed by atoms with E-state index in [-0.39, 0.29) is 23.5 Å². The number of amides is 1. The Bertz CT molecular complexity index is 892. The van der Waals surface area contributed by atoms with Crippen LogP contribution in [0.1, 0.15) is 37.7 Å². The SMILES string of the molecule is CN(C1CCCCC1)S(=O)(=O)c1ccc(NC(=O)COCc2ccccc2)cc1. The fourth-order valence-corrected chi connectivity index (χ4v) is 4.97. The summed E-state index contributed by atoms with van der Waals surface area (Å²) in [6, 6.07) is 16.0. The zero-order valence-corrected chi connectivity index (χ0v) is 17.5. The third-order valence-corrected chi connectivity index (χ3v) is 7.17. The Morgan fingerprint density at radius 3 is 2.34 bits per heavy atom. The Hall–Kier alpha value is -2.22. The van der Waals surface area contributed by atoms with Gasteiger partial charge in [-0.25, -0.2) is 8.42 Å². The van der Waals surface area contributed by atoms with E-state index in [1.165, 1.54) is 22.9 Å². The number of carbonyl (C=O) groups excluding carboxylic acids is 1. The van der Waals surface area contributed by atoms with Gasteiger partial charge in [-0.2, -0.15) is 4.31 Å². The Balaban J connectivity index is 1.53. The van der Waals surface area contributed by atoms with Gasteiger partial charge < -0.3 is 10.1 Å². The van der Waals surface area contributed by atoms with Gasteiger partial charge in [-0.3, -0.25) is 4.79 Å². The lowest BCUT2D eigenvalue weighted by molar-refractivity contribution is -0.121. The van der Waals surface area contributed by atoms with Crippen molar-refractivity contribution in [2.24, 2.45) is 0 Å². The smallest absolute Gasteiger partial charge is 0.250 e. The van der Waals surface area contributed by atoms with E-state index in [9.17, 15) is 13.2 Å². The van der Waals surface area contributed by atoms with Crippen LogP contribution in [-0.4, -0.2) is 38.3 Å². The summed E-state index contributed by atoms with van der Waals surface area (Å²) in [5.74, 6) is -0.282. The molecule has 2 aromatic rings. The number of hydrogen-bond acceptors (Lipinski definition) is 4. The van der Waals surface area contributed by atoms with E-state index in [1.807, 2.05) is 30.3 Å². The molecular weight excluding hydrogens is 388 g/mol. The van der Waals surface area contributed by atoms with Crippen LogP contribution in [0.25, 0.3) is 0 Å². The van der Waals surface area contributed by atoms with E-state index < -0.39 is 10.0 Å². The van der Waals surface area contributed by atoms with E-state index in [2.05, 4.69) is 5.32 Å². The molecule has 2 aromatic carbocycles. The average Bonchev–Trinajstić information content (AvgIpc) is 2.75. The molecule has 0 unspecified atom stereocenters. The summed E-state index contributed by atoms with van der Waals surface area (Å²) in [5, 5.41) is 2.73. The molecule has 0 aliphatic heterocycles. The van der Waals surface area contributed by atoms with Gasteiger partial charge in [0.1, 0.15) is 6.61 Å². The molecule has 0 heterocycles. The van der Waals surface area contributed by atoms with E-state index in [1.54, 1.807) is 19.2 Å². The number of nitrogens with zero attached hydrogens (tertiary/aromatic N) is 1. The summed E-state index contributed by atoms with van der Waals surface area (Å²) in [6.07, 6.45) is 5.14. The maximum atomic E-state index is 12.9. The highest BCUT2D eigenvalue weighted by atomic mass is 32.2. The summed E-state index contributed by atoms with van der Waals surface area (Å²) in [6.45, 7) is 0.290. The summed E-state index contributed by atoms with van der Waals surface area (Å²) >= 11 is 0. The van der Waals surface area contributed by atoms with Crippen LogP contribution in [0.5, 0.6) is 0 Å². The van der Waals surface area contributed by atoms with Gasteiger partial charge in [0.05, 0.1) is 11.5 Å². The first-order valence-electron chi connectivity index (χ1n) is 9.96. The number of ether oxygens (including phenoxy) is 1. The molecular formula is C22H28N2O4S. The lowest BCUT2D eigenvalue weighted by Gasteiger charge is -2.30. The first-order valence-corrected chi connectivity index (χ1v) is 11.4. The van der Waals surface area contributed by atoms with Gasteiger partial charge in [0.25, 0.3) is 0 Å². The molecule has 7 heteroatoms. The summed E-state index contributed by atoms with van der Waals surface area (Å²) < 4.78 is 32.6. The van der Waals surface area contributed by atoms with Crippen LogP contribution >= 0.6 is 0 Å². The van der Waals surface area contributed by atoms with Crippen molar-refractivity contribution in [2.75, 3.05) is 19.0 Å². The molecule has 3 rings (SSSR count). The molecule has 6 nitrogen and oxygen atoms in total. The van der Waals surface area contributed by atoms with E-state index >= 15 is 0 Å². The molecule has 0 atom stereocenters. The molecule has 1 aliphatic rings. The monoisotopic (exact) mass is 416 g/mol. The molecule has 0 bridgehead atoms. The zero-order chi connectivity index (χ0) is 20.7. The lowest BCUT2D eigenvalue weighted by atomic mass is 9.96. The second kappa shape index (κ2) is 10.0. The number of sulfonamides is 1. The van der Waals surface area contributed by atoms with Crippen molar-refractivity contribution in [3.05, 3.63) is 60.2 Å². The van der Waals surface area contributed by atoms with Crippen LogP contribution < -0.4 is 5.32 Å². The van der Waals surface area contributed by atoms with Crippen molar-refractivity contribution in [3.8, 4) is 0 Å². The number of carbonyl (C=O) groups is 1. The molecule has 0 aromatic heterocycles. The minimum atomic E-state index is -3.53. The molecule has 1 fully saturated rings. The van der Waals surface area contributed by atoms with E-state index in [4.69, 9.17) is 4.74 Å². The number of benzene rings is 2. The first-order chi connectivity index (χ1) is 14.0. The van der Waals surface area contributed by atoms with Crippen molar-refractivity contribution in [3.63, 3.8) is 0 Å². The highest BCUT2D eigenvalue weighted by Crippen LogP contribution is 2.27. The number of anilines is 1. The first kappa shape index (κ1) is 21.5. The predicted octanol–water partition coefficient (Wildman–Crippen LogP) is 3.80. The minimum absolute atomic E-state index is 0.0647. The number of rotatable bonds is 8. The van der Waals surface area contributed by atoms with Crippen LogP contribution in [0, 0.1) is 0 Å². The molecule has 156 valence electrons. The van der Waals surface area contributed by atoms with E-state index in [0.717, 1.165) is 31.2 Å². The van der Waals surface area contributed by atoms with Crippen LogP contribution in [0.4, 0.5) is 5.69 Å². The van der Waals surface area contributed by atoms with Gasteiger partial charge in [-0.15, -0.1) is 0 Å². The minimum Gasteiger partial charge on any atom is -0.367 e. The van der Waals surface area contributed by atoms with Crippen molar-refractivity contribution in [2.45, 2.75) is 49.6 Å². The quantitative estimate of drug-likeness (QED) is 0.710. The highest BCUT2D eigenvalue weighted by Gasteiger charge is 2.28. The molecule has 0 saturated heterocycles. The normalized spacial score (nSPS) is 15.4. The standard InChI is InChI=1S/C22H28N2O4S/c1-24(20-10-6-3-7-11-20)29(26,27)21-14-12-19(13-15-21)23-22(25)17-28-16-18-8-4-2-5-9-18/h2,4-5,8-9,12-15,20H,3,6-7,10-11,16-17H2,1H3,(H,23,25). The average molecular weight is 417 g/mol. The second-order valence-electron chi connectivity index (χ2n) is 7.36. The van der Waals surface area contributed by atoms with Gasteiger partial charge in [-0.1, -0.05) is 49.6 Å². The molecule has 1 amide bonds. The van der Waals surface area contributed by atoms with Crippen molar-refractivity contribution < 1.29 is 17.9 Å². The maximum absolute atomic E-state index is 12.9. The van der Waals surface area contributed by atoms with E-state index in [0.29, 0.717) is 12.3 Å². The summed E-state index contributed by atoms with van der Waals surface area (Å²) in [5.41, 5.74) is 1.54. The molecule has 0 radical (unpaired) electrons. The predicted molar refractivity (Wildman–Crippen MR) is 113 cm³/mol. The number of hydrogen-bond donors (Lipinski definition) is 1. The van der Waals surface area contributed by atoms with Crippen LogP contribution in [-0.2, 0) is 26.2 Å². The molecule has 1 saturated carbocycles. The Kier molecular flexibility index (Phi) is 7.41. The van der Waals surface area contributed by atoms with Gasteiger partial charge in [0, 0.05) is 18.8 Å². The van der Waals surface area contributed by atoms with Crippen molar-refractivity contribution in [1.82, 2.24) is 4.31 Å². The van der Waals surface area contributed by atoms with Gasteiger partial charge in [0.15, 0.2) is 0 Å². The lowest BCUT2D eigenvalue weighted by Crippen LogP contribution is -2.38. The van der Waals surface area contributed by atoms with Crippen molar-refractivity contribution in [1.29, 1.82) is 0 Å². The van der Waals surface area contributed by atoms with Gasteiger partial charge in [-0.05, 0) is 42.7 Å². The third kappa shape index (κ3) is 5.88. The second-order valence-corrected chi connectivity index (χ2v) is 9.36. The van der Waals surface area contributed by atoms with Crippen LogP contribution in [0.3, 0.4) is 0 Å². The Morgan fingerprint density at radius 1 is 1.03 bits per heavy atom. The fraction of sp³-hybridized carbons (Fsp3) is 0.409. The van der Waals surface area contributed by atoms with Crippen LogP contribution in [0.15, 0.2) is 59.5 Å². The van der Waals surface area contributed by atoms with Gasteiger partial charge in [0.2, 0.25) is 15.9 Å². The van der Waals surface area contributed by atoms with Crippen molar-refractivity contribution >= 4 is 21.6 Å². The summed E-state index contributed by atoms with van der Waals surface area (Å²) in [7, 11) is -1.87. The molecule has 29 heavy (non-hydrogen) atoms. The number of nitrogens with one attached hydrogen (secondary N) is 1. The largest absolute Gasteiger partial charge is 0.367 e. The maximum Gasteiger partial charge on any atom is 0.250 e. The molecule has 1 aliphatic carbocycles. The third-order valence-electron chi connectivity index (χ3n) is 5.25. The fourth-order valence-electron chi connectivity index (χ4n) is 3.55.